The second-order valence-electron chi connectivity index (χ2n) is 5.24. The lowest BCUT2D eigenvalue weighted by atomic mass is 10.2. The molecule has 0 radical (unpaired) electrons. The lowest BCUT2D eigenvalue weighted by molar-refractivity contribution is -0.116. The van der Waals surface area contributed by atoms with Gasteiger partial charge in [0.05, 0.1) is 5.52 Å². The molecule has 3 aromatic rings. The van der Waals surface area contributed by atoms with Crippen molar-refractivity contribution in [1.29, 1.82) is 0 Å². The number of aryl methyl sites for hydroxylation is 2. The molecule has 0 bridgehead atoms. The Balaban J connectivity index is 1.71. The van der Waals surface area contributed by atoms with E-state index in [1.165, 1.54) is 4.57 Å². The minimum absolute atomic E-state index is 0.172. The van der Waals surface area contributed by atoms with Crippen molar-refractivity contribution < 1.29 is 9.21 Å². The van der Waals surface area contributed by atoms with E-state index in [9.17, 15) is 9.59 Å². The number of fused-ring (bicyclic) bond motifs is 1. The van der Waals surface area contributed by atoms with Crippen LogP contribution in [0.2, 0.25) is 5.02 Å². The molecule has 0 fully saturated rings. The van der Waals surface area contributed by atoms with Crippen LogP contribution in [0.4, 0.5) is 5.69 Å². The Morgan fingerprint density at radius 1 is 1.26 bits per heavy atom. The van der Waals surface area contributed by atoms with Crippen molar-refractivity contribution in [3.05, 3.63) is 63.6 Å². The van der Waals surface area contributed by atoms with Crippen LogP contribution in [0.1, 0.15) is 12.0 Å². The number of benzene rings is 2. The van der Waals surface area contributed by atoms with Gasteiger partial charge in [-0.05, 0) is 42.8 Å². The van der Waals surface area contributed by atoms with Gasteiger partial charge in [0.15, 0.2) is 5.58 Å². The van der Waals surface area contributed by atoms with Crippen molar-refractivity contribution in [2.24, 2.45) is 0 Å². The van der Waals surface area contributed by atoms with Gasteiger partial charge in [0, 0.05) is 23.7 Å². The van der Waals surface area contributed by atoms with Gasteiger partial charge in [-0.2, -0.15) is 0 Å². The van der Waals surface area contributed by atoms with Crippen LogP contribution in [0.3, 0.4) is 0 Å². The number of hydrogen-bond donors (Lipinski definition) is 1. The number of carbonyl (C=O) groups is 1. The maximum atomic E-state index is 12.1. The molecule has 3 rings (SSSR count). The summed E-state index contributed by atoms with van der Waals surface area (Å²) in [6.07, 6.45) is 0.172. The highest BCUT2D eigenvalue weighted by Gasteiger charge is 2.11. The summed E-state index contributed by atoms with van der Waals surface area (Å²) in [4.78, 5) is 24.0. The lowest BCUT2D eigenvalue weighted by Gasteiger charge is -2.09. The number of nitrogens with one attached hydrogen (secondary N) is 1. The maximum absolute atomic E-state index is 12.1. The molecule has 0 aliphatic carbocycles. The molecule has 2 aromatic carbocycles. The van der Waals surface area contributed by atoms with Crippen LogP contribution in [-0.4, -0.2) is 10.5 Å². The SMILES string of the molecule is Cc1cc(Cl)ccc1NC(=O)CCn1c(=O)oc2ccccc21. The van der Waals surface area contributed by atoms with E-state index in [4.69, 9.17) is 16.0 Å². The minimum atomic E-state index is -0.457. The van der Waals surface area contributed by atoms with E-state index >= 15 is 0 Å². The van der Waals surface area contributed by atoms with E-state index in [0.29, 0.717) is 21.8 Å². The minimum Gasteiger partial charge on any atom is -0.408 e. The number of nitrogens with zero attached hydrogens (tertiary/aromatic N) is 1. The molecule has 5 nitrogen and oxygen atoms in total. The molecular formula is C17H15ClN2O3. The summed E-state index contributed by atoms with van der Waals surface area (Å²) in [5.74, 6) is -0.630. The zero-order valence-electron chi connectivity index (χ0n) is 12.5. The number of carbonyl (C=O) groups excluding carboxylic acids is 1. The first-order valence-corrected chi connectivity index (χ1v) is 7.57. The van der Waals surface area contributed by atoms with Gasteiger partial charge in [0.2, 0.25) is 5.91 Å². The molecule has 6 heteroatoms. The first-order chi connectivity index (χ1) is 11.0. The molecule has 0 aliphatic heterocycles. The van der Waals surface area contributed by atoms with Crippen LogP contribution in [0.25, 0.3) is 11.1 Å². The number of aromatic nitrogens is 1. The predicted molar refractivity (Wildman–Crippen MR) is 89.9 cm³/mol. The average Bonchev–Trinajstić information content (AvgIpc) is 2.83. The van der Waals surface area contributed by atoms with Gasteiger partial charge in [0.1, 0.15) is 0 Å². The summed E-state index contributed by atoms with van der Waals surface area (Å²) in [5, 5.41) is 3.45. The summed E-state index contributed by atoms with van der Waals surface area (Å²) >= 11 is 5.89. The Morgan fingerprint density at radius 2 is 2.04 bits per heavy atom. The second kappa shape index (κ2) is 6.30. The Kier molecular flexibility index (Phi) is 4.21. The molecule has 0 spiro atoms. The van der Waals surface area contributed by atoms with Crippen molar-refractivity contribution in [3.63, 3.8) is 0 Å². The number of oxazole rings is 1. The molecule has 118 valence electrons. The van der Waals surface area contributed by atoms with Crippen LogP contribution in [0.15, 0.2) is 51.7 Å². The largest absolute Gasteiger partial charge is 0.419 e. The highest BCUT2D eigenvalue weighted by atomic mass is 35.5. The van der Waals surface area contributed by atoms with Gasteiger partial charge >= 0.3 is 5.76 Å². The van der Waals surface area contributed by atoms with Crippen molar-refractivity contribution in [3.8, 4) is 0 Å². The van der Waals surface area contributed by atoms with Crippen molar-refractivity contribution in [2.75, 3.05) is 5.32 Å². The second-order valence-corrected chi connectivity index (χ2v) is 5.68. The Morgan fingerprint density at radius 3 is 2.83 bits per heavy atom. The van der Waals surface area contributed by atoms with Crippen LogP contribution in [0, 0.1) is 6.92 Å². The first kappa shape index (κ1) is 15.4. The molecule has 0 aliphatic rings. The van der Waals surface area contributed by atoms with E-state index < -0.39 is 5.76 Å². The van der Waals surface area contributed by atoms with Crippen molar-refractivity contribution in [2.45, 2.75) is 19.9 Å². The zero-order valence-corrected chi connectivity index (χ0v) is 13.3. The highest BCUT2D eigenvalue weighted by Crippen LogP contribution is 2.20. The fourth-order valence-electron chi connectivity index (χ4n) is 2.42. The van der Waals surface area contributed by atoms with Gasteiger partial charge in [-0.25, -0.2) is 4.79 Å². The topological polar surface area (TPSA) is 64.2 Å². The molecule has 0 unspecified atom stereocenters. The summed E-state index contributed by atoms with van der Waals surface area (Å²) in [7, 11) is 0. The van der Waals surface area contributed by atoms with Gasteiger partial charge < -0.3 is 9.73 Å². The van der Waals surface area contributed by atoms with E-state index in [0.717, 1.165) is 5.56 Å². The van der Waals surface area contributed by atoms with Gasteiger partial charge in [-0.3, -0.25) is 9.36 Å². The monoisotopic (exact) mass is 330 g/mol. The van der Waals surface area contributed by atoms with Crippen LogP contribution in [-0.2, 0) is 11.3 Å². The smallest absolute Gasteiger partial charge is 0.408 e. The average molecular weight is 331 g/mol. The number of amides is 1. The number of hydrogen-bond acceptors (Lipinski definition) is 3. The quantitative estimate of drug-likeness (QED) is 0.795. The molecule has 1 heterocycles. The highest BCUT2D eigenvalue weighted by molar-refractivity contribution is 6.30. The third kappa shape index (κ3) is 3.29. The number of rotatable bonds is 4. The van der Waals surface area contributed by atoms with Crippen molar-refractivity contribution >= 4 is 34.3 Å². The molecule has 23 heavy (non-hydrogen) atoms. The number of para-hydroxylation sites is 2. The van der Waals surface area contributed by atoms with Crippen LogP contribution < -0.4 is 11.1 Å². The maximum Gasteiger partial charge on any atom is 0.419 e. The normalized spacial score (nSPS) is 10.9. The summed E-state index contributed by atoms with van der Waals surface area (Å²) in [5.41, 5.74) is 2.81. The molecule has 1 aromatic heterocycles. The Labute approximate surface area is 137 Å². The Hall–Kier alpha value is -2.53. The lowest BCUT2D eigenvalue weighted by Crippen LogP contribution is -2.20. The molecule has 0 saturated heterocycles. The molecule has 1 amide bonds. The predicted octanol–water partition coefficient (Wildman–Crippen LogP) is 3.59. The van der Waals surface area contributed by atoms with E-state index in [-0.39, 0.29) is 18.9 Å². The first-order valence-electron chi connectivity index (χ1n) is 7.19. The molecule has 0 saturated carbocycles. The third-order valence-electron chi connectivity index (χ3n) is 3.60. The number of anilines is 1. The van der Waals surface area contributed by atoms with E-state index in [1.54, 1.807) is 36.4 Å². The van der Waals surface area contributed by atoms with E-state index in [2.05, 4.69) is 5.32 Å². The summed E-state index contributed by atoms with van der Waals surface area (Å²) < 4.78 is 6.60. The summed E-state index contributed by atoms with van der Waals surface area (Å²) in [6.45, 7) is 2.13. The van der Waals surface area contributed by atoms with Gasteiger partial charge in [0.25, 0.3) is 0 Å². The van der Waals surface area contributed by atoms with Crippen LogP contribution >= 0.6 is 11.6 Å². The fourth-order valence-corrected chi connectivity index (χ4v) is 2.65. The molecule has 0 atom stereocenters. The standard InChI is InChI=1S/C17H15ClN2O3/c1-11-10-12(18)6-7-13(11)19-16(21)8-9-20-14-4-2-3-5-15(14)23-17(20)22/h2-7,10H,8-9H2,1H3,(H,19,21). The molecule has 1 N–H and O–H groups in total. The molecular weight excluding hydrogens is 316 g/mol. The Bertz CT molecular complexity index is 927. The number of halogens is 1. The summed E-state index contributed by atoms with van der Waals surface area (Å²) in [6, 6.07) is 12.4. The van der Waals surface area contributed by atoms with Gasteiger partial charge in [-0.1, -0.05) is 23.7 Å². The van der Waals surface area contributed by atoms with E-state index in [1.807, 2.05) is 13.0 Å². The van der Waals surface area contributed by atoms with Crippen LogP contribution in [0.5, 0.6) is 0 Å². The fraction of sp³-hybridized carbons (Fsp3) is 0.176. The zero-order chi connectivity index (χ0) is 16.4. The van der Waals surface area contributed by atoms with Crippen molar-refractivity contribution in [1.82, 2.24) is 4.57 Å². The third-order valence-corrected chi connectivity index (χ3v) is 3.83. The van der Waals surface area contributed by atoms with Gasteiger partial charge in [-0.15, -0.1) is 0 Å².